The quantitative estimate of drug-likeness (QED) is 0.543. The summed E-state index contributed by atoms with van der Waals surface area (Å²) in [4.78, 5) is 34.3. The van der Waals surface area contributed by atoms with Crippen LogP contribution in [0.5, 0.6) is 0 Å². The van der Waals surface area contributed by atoms with E-state index in [2.05, 4.69) is 54.5 Å². The van der Waals surface area contributed by atoms with E-state index in [1.54, 1.807) is 0 Å². The fourth-order valence-corrected chi connectivity index (χ4v) is 6.20. The first kappa shape index (κ1) is 24.8. The Morgan fingerprint density at radius 1 is 1.25 bits per heavy atom. The predicted octanol–water partition coefficient (Wildman–Crippen LogP) is 4.01. The molecule has 1 spiro atoms. The molecule has 0 bridgehead atoms. The highest BCUT2D eigenvalue weighted by Crippen LogP contribution is 2.42. The van der Waals surface area contributed by atoms with Gasteiger partial charge in [-0.15, -0.1) is 0 Å². The van der Waals surface area contributed by atoms with Gasteiger partial charge in [-0.25, -0.2) is 9.97 Å². The number of imidazole rings is 1. The Bertz CT molecular complexity index is 1100. The molecule has 0 saturated carbocycles. The van der Waals surface area contributed by atoms with Crippen LogP contribution in [0.15, 0.2) is 25.0 Å². The normalized spacial score (nSPS) is 20.8. The molecule has 2 aromatic rings. The molecule has 2 aliphatic heterocycles. The molecule has 1 amide bonds. The van der Waals surface area contributed by atoms with E-state index >= 15 is 0 Å². The van der Waals surface area contributed by atoms with Gasteiger partial charge in [0.25, 0.3) is 0 Å². The van der Waals surface area contributed by atoms with Crippen molar-refractivity contribution in [2.45, 2.75) is 72.3 Å². The number of rotatable bonds is 8. The first-order valence-electron chi connectivity index (χ1n) is 13.5. The second kappa shape index (κ2) is 9.52. The van der Waals surface area contributed by atoms with E-state index in [9.17, 15) is 4.79 Å². The average molecular weight is 492 g/mol. The number of aromatic amines is 1. The van der Waals surface area contributed by atoms with Crippen LogP contribution in [-0.2, 0) is 24.1 Å². The molecule has 2 N–H and O–H groups in total. The number of carbonyl (C=O) groups excluding carboxylic acids is 1. The Morgan fingerprint density at radius 3 is 2.75 bits per heavy atom. The van der Waals surface area contributed by atoms with E-state index in [1.807, 2.05) is 17.3 Å². The zero-order valence-corrected chi connectivity index (χ0v) is 22.3. The van der Waals surface area contributed by atoms with E-state index in [0.717, 1.165) is 82.3 Å². The molecule has 4 heterocycles. The highest BCUT2D eigenvalue weighted by atomic mass is 16.2. The van der Waals surface area contributed by atoms with Crippen molar-refractivity contribution in [2.24, 2.45) is 16.7 Å². The predicted molar refractivity (Wildman–Crippen MR) is 143 cm³/mol. The van der Waals surface area contributed by atoms with Gasteiger partial charge in [0.05, 0.1) is 5.69 Å². The van der Waals surface area contributed by atoms with Crippen molar-refractivity contribution in [3.05, 3.63) is 42.1 Å². The number of nitrogens with one attached hydrogen (secondary N) is 2. The van der Waals surface area contributed by atoms with Crippen molar-refractivity contribution in [2.75, 3.05) is 36.4 Å². The van der Waals surface area contributed by atoms with E-state index in [0.29, 0.717) is 5.92 Å². The van der Waals surface area contributed by atoms with Gasteiger partial charge < -0.3 is 20.1 Å². The largest absolute Gasteiger partial charge is 0.366 e. The smallest absolute Gasteiger partial charge is 0.245 e. The molecule has 2 fully saturated rings. The molecule has 36 heavy (non-hydrogen) atoms. The Balaban J connectivity index is 1.40. The first-order valence-corrected chi connectivity index (χ1v) is 13.5. The van der Waals surface area contributed by atoms with E-state index < -0.39 is 0 Å². The number of likely N-dealkylation sites (tertiary alicyclic amines) is 1. The third-order valence-electron chi connectivity index (χ3n) is 8.13. The Labute approximate surface area is 215 Å². The zero-order chi connectivity index (χ0) is 25.5. The summed E-state index contributed by atoms with van der Waals surface area (Å²) >= 11 is 0. The van der Waals surface area contributed by atoms with Gasteiger partial charge in [-0.1, -0.05) is 34.3 Å². The lowest BCUT2D eigenvalue weighted by atomic mass is 9.76. The summed E-state index contributed by atoms with van der Waals surface area (Å²) in [5, 5.41) is 3.84. The van der Waals surface area contributed by atoms with Crippen molar-refractivity contribution >= 4 is 17.7 Å². The Hall–Kier alpha value is -2.90. The molecule has 0 unspecified atom stereocenters. The summed E-state index contributed by atoms with van der Waals surface area (Å²) in [5.41, 5.74) is 2.88. The lowest BCUT2D eigenvalue weighted by Gasteiger charge is -2.47. The maximum Gasteiger partial charge on any atom is 0.245 e. The van der Waals surface area contributed by atoms with Crippen LogP contribution in [0.3, 0.4) is 0 Å². The van der Waals surface area contributed by atoms with Crippen LogP contribution in [0.4, 0.5) is 11.8 Å². The third kappa shape index (κ3) is 5.13. The van der Waals surface area contributed by atoms with Gasteiger partial charge in [-0.2, -0.15) is 4.98 Å². The van der Waals surface area contributed by atoms with Crippen LogP contribution >= 0.6 is 0 Å². The number of aromatic nitrogens is 4. The van der Waals surface area contributed by atoms with Gasteiger partial charge in [0.15, 0.2) is 0 Å². The molecule has 8 nitrogen and oxygen atoms in total. The van der Waals surface area contributed by atoms with Crippen LogP contribution in [0, 0.1) is 16.7 Å². The zero-order valence-electron chi connectivity index (χ0n) is 22.3. The second-order valence-corrected chi connectivity index (χ2v) is 12.4. The highest BCUT2D eigenvalue weighted by molar-refractivity contribution is 5.87. The maximum absolute atomic E-state index is 12.0. The summed E-state index contributed by atoms with van der Waals surface area (Å²) in [6.45, 7) is 16.3. The number of nitrogens with zero attached hydrogens (tertiary/aromatic N) is 5. The Kier molecular flexibility index (Phi) is 6.55. The van der Waals surface area contributed by atoms with Gasteiger partial charge in [0, 0.05) is 62.0 Å². The van der Waals surface area contributed by atoms with Gasteiger partial charge in [-0.05, 0) is 49.5 Å². The van der Waals surface area contributed by atoms with Gasteiger partial charge >= 0.3 is 0 Å². The van der Waals surface area contributed by atoms with Crippen molar-refractivity contribution in [1.82, 2.24) is 24.8 Å². The molecular weight excluding hydrogens is 450 g/mol. The molecule has 0 radical (unpaired) electrons. The SMILES string of the molecule is C=CC(=O)N1CC2(CCN(c3nc4c(c(N[C@H](Cc5ncc[nH]5)CC(C)C)n3)CCC(C)(C)C4)C2)C1. The molecule has 1 aliphatic carbocycles. The van der Waals surface area contributed by atoms with Crippen LogP contribution in [0.25, 0.3) is 0 Å². The minimum Gasteiger partial charge on any atom is -0.366 e. The topological polar surface area (TPSA) is 90.0 Å². The van der Waals surface area contributed by atoms with Gasteiger partial charge in [0.1, 0.15) is 11.6 Å². The third-order valence-corrected chi connectivity index (χ3v) is 8.13. The lowest BCUT2D eigenvalue weighted by molar-refractivity contribution is -0.136. The van der Waals surface area contributed by atoms with Crippen molar-refractivity contribution in [1.29, 1.82) is 0 Å². The van der Waals surface area contributed by atoms with E-state index in [4.69, 9.17) is 9.97 Å². The fourth-order valence-electron chi connectivity index (χ4n) is 6.20. The maximum atomic E-state index is 12.0. The molecule has 2 saturated heterocycles. The van der Waals surface area contributed by atoms with Crippen LogP contribution in [-0.4, -0.2) is 63.0 Å². The fraction of sp³-hybridized carbons (Fsp3) is 0.643. The minimum atomic E-state index is 0.0329. The highest BCUT2D eigenvalue weighted by Gasteiger charge is 2.49. The second-order valence-electron chi connectivity index (χ2n) is 12.4. The van der Waals surface area contributed by atoms with Crippen LogP contribution in [0.2, 0.25) is 0 Å². The number of hydrogen-bond acceptors (Lipinski definition) is 6. The number of H-pyrrole nitrogens is 1. The summed E-state index contributed by atoms with van der Waals surface area (Å²) in [7, 11) is 0. The monoisotopic (exact) mass is 491 g/mol. The summed E-state index contributed by atoms with van der Waals surface area (Å²) in [6, 6.07) is 0.243. The standard InChI is InChI=1S/C28H41N7O/c1-6-24(36)35-17-28(18-35)9-12-34(16-28)26-32-22-15-27(4,5)8-7-21(22)25(33-26)31-20(13-19(2)3)14-23-29-10-11-30-23/h6,10-11,19-20H,1,7-9,12-18H2,2-5H3,(H,29,30)(H,31,32,33)/t20-/m0/s1. The lowest BCUT2D eigenvalue weighted by Crippen LogP contribution is -2.59. The van der Waals surface area contributed by atoms with E-state index in [-0.39, 0.29) is 22.8 Å². The molecule has 194 valence electrons. The minimum absolute atomic E-state index is 0.0329. The molecule has 2 aromatic heterocycles. The molecular formula is C28H41N7O. The van der Waals surface area contributed by atoms with Gasteiger partial charge in [0.2, 0.25) is 11.9 Å². The number of hydrogen-bond donors (Lipinski definition) is 2. The summed E-state index contributed by atoms with van der Waals surface area (Å²) < 4.78 is 0. The number of amides is 1. The molecule has 8 heteroatoms. The number of fused-ring (bicyclic) bond motifs is 1. The molecule has 1 atom stereocenters. The number of anilines is 2. The summed E-state index contributed by atoms with van der Waals surface area (Å²) in [6.07, 6.45) is 11.2. The van der Waals surface area contributed by atoms with Crippen molar-refractivity contribution < 1.29 is 4.79 Å². The van der Waals surface area contributed by atoms with Crippen molar-refractivity contribution in [3.63, 3.8) is 0 Å². The van der Waals surface area contributed by atoms with Gasteiger partial charge in [-0.3, -0.25) is 4.79 Å². The van der Waals surface area contributed by atoms with Crippen LogP contribution < -0.4 is 10.2 Å². The molecule has 0 aromatic carbocycles. The first-order chi connectivity index (χ1) is 17.2. The average Bonchev–Trinajstić information content (AvgIpc) is 3.46. The Morgan fingerprint density at radius 2 is 2.06 bits per heavy atom. The van der Waals surface area contributed by atoms with Crippen LogP contribution in [0.1, 0.15) is 64.0 Å². The number of carbonyl (C=O) groups is 1. The van der Waals surface area contributed by atoms with Crippen molar-refractivity contribution in [3.8, 4) is 0 Å². The summed E-state index contributed by atoms with van der Waals surface area (Å²) in [5.74, 6) is 3.43. The van der Waals surface area contributed by atoms with E-state index in [1.165, 1.54) is 17.3 Å². The molecule has 3 aliphatic rings. The molecule has 5 rings (SSSR count).